The SMILES string of the molecule is Brc1ccc(-c2nnc(CNCc3ccccn3)o2)cc1. The molecular weight excluding hydrogens is 332 g/mol. The maximum Gasteiger partial charge on any atom is 0.247 e. The van der Waals surface area contributed by atoms with Gasteiger partial charge in [-0.05, 0) is 36.4 Å². The first-order chi connectivity index (χ1) is 10.3. The summed E-state index contributed by atoms with van der Waals surface area (Å²) in [6.45, 7) is 1.18. The maximum atomic E-state index is 5.63. The van der Waals surface area contributed by atoms with Crippen LogP contribution in [-0.4, -0.2) is 15.2 Å². The topological polar surface area (TPSA) is 63.8 Å². The third-order valence-corrected chi connectivity index (χ3v) is 3.40. The number of hydrogen-bond donors (Lipinski definition) is 1. The fourth-order valence-electron chi connectivity index (χ4n) is 1.83. The van der Waals surface area contributed by atoms with E-state index in [1.165, 1.54) is 0 Å². The van der Waals surface area contributed by atoms with Crippen molar-refractivity contribution in [3.05, 3.63) is 64.7 Å². The highest BCUT2D eigenvalue weighted by Crippen LogP contribution is 2.20. The molecule has 106 valence electrons. The zero-order valence-corrected chi connectivity index (χ0v) is 12.7. The van der Waals surface area contributed by atoms with Gasteiger partial charge >= 0.3 is 0 Å². The van der Waals surface area contributed by atoms with Crippen molar-refractivity contribution in [2.24, 2.45) is 0 Å². The lowest BCUT2D eigenvalue weighted by Gasteiger charge is -2.00. The third-order valence-electron chi connectivity index (χ3n) is 2.87. The van der Waals surface area contributed by atoms with Gasteiger partial charge in [-0.25, -0.2) is 0 Å². The highest BCUT2D eigenvalue weighted by molar-refractivity contribution is 9.10. The van der Waals surface area contributed by atoms with Gasteiger partial charge in [0.05, 0.1) is 12.2 Å². The van der Waals surface area contributed by atoms with E-state index in [1.54, 1.807) is 6.20 Å². The Balaban J connectivity index is 1.59. The van der Waals surface area contributed by atoms with Gasteiger partial charge in [0, 0.05) is 22.8 Å². The lowest BCUT2D eigenvalue weighted by Crippen LogP contribution is -2.13. The molecule has 6 heteroatoms. The minimum atomic E-state index is 0.514. The average Bonchev–Trinajstić information content (AvgIpc) is 2.98. The van der Waals surface area contributed by atoms with Crippen molar-refractivity contribution in [2.45, 2.75) is 13.1 Å². The molecule has 0 radical (unpaired) electrons. The number of nitrogens with zero attached hydrogens (tertiary/aromatic N) is 3. The standard InChI is InChI=1S/C15H13BrN4O/c16-12-6-4-11(5-7-12)15-20-19-14(21-15)10-17-9-13-3-1-2-8-18-13/h1-8,17H,9-10H2. The highest BCUT2D eigenvalue weighted by Gasteiger charge is 2.08. The molecule has 1 N–H and O–H groups in total. The van der Waals surface area contributed by atoms with E-state index in [2.05, 4.69) is 36.4 Å². The second-order valence-electron chi connectivity index (χ2n) is 4.43. The molecule has 0 unspecified atom stereocenters. The van der Waals surface area contributed by atoms with E-state index in [0.29, 0.717) is 24.9 Å². The monoisotopic (exact) mass is 344 g/mol. The Labute approximate surface area is 130 Å². The van der Waals surface area contributed by atoms with Crippen molar-refractivity contribution in [3.63, 3.8) is 0 Å². The van der Waals surface area contributed by atoms with Gasteiger partial charge in [-0.15, -0.1) is 10.2 Å². The predicted octanol–water partition coefficient (Wildman–Crippen LogP) is 3.18. The Kier molecular flexibility index (Phi) is 4.37. The molecule has 3 rings (SSSR count). The molecule has 0 amide bonds. The number of rotatable bonds is 5. The Morgan fingerprint density at radius 1 is 1.00 bits per heavy atom. The Morgan fingerprint density at radius 2 is 1.86 bits per heavy atom. The van der Waals surface area contributed by atoms with Crippen LogP contribution in [0.1, 0.15) is 11.6 Å². The molecule has 21 heavy (non-hydrogen) atoms. The summed E-state index contributed by atoms with van der Waals surface area (Å²) in [6, 6.07) is 13.6. The van der Waals surface area contributed by atoms with Gasteiger partial charge in [-0.3, -0.25) is 4.98 Å². The van der Waals surface area contributed by atoms with Crippen molar-refractivity contribution in [2.75, 3.05) is 0 Å². The summed E-state index contributed by atoms with van der Waals surface area (Å²) in [5, 5.41) is 11.3. The van der Waals surface area contributed by atoms with Gasteiger partial charge in [0.2, 0.25) is 11.8 Å². The van der Waals surface area contributed by atoms with E-state index < -0.39 is 0 Å². The van der Waals surface area contributed by atoms with Crippen molar-refractivity contribution < 1.29 is 4.42 Å². The number of pyridine rings is 1. The molecule has 0 spiro atoms. The van der Waals surface area contributed by atoms with Crippen molar-refractivity contribution >= 4 is 15.9 Å². The zero-order valence-electron chi connectivity index (χ0n) is 11.2. The lowest BCUT2D eigenvalue weighted by molar-refractivity contribution is 0.476. The normalized spacial score (nSPS) is 10.7. The van der Waals surface area contributed by atoms with E-state index in [1.807, 2.05) is 42.5 Å². The minimum absolute atomic E-state index is 0.514. The van der Waals surface area contributed by atoms with Gasteiger partial charge < -0.3 is 9.73 Å². The molecule has 0 atom stereocenters. The Morgan fingerprint density at radius 3 is 2.62 bits per heavy atom. The molecule has 0 saturated carbocycles. The first-order valence-corrected chi connectivity index (χ1v) is 7.29. The molecule has 2 aromatic heterocycles. The smallest absolute Gasteiger partial charge is 0.247 e. The van der Waals surface area contributed by atoms with Crippen molar-refractivity contribution in [1.29, 1.82) is 0 Å². The third kappa shape index (κ3) is 3.74. The fraction of sp³-hybridized carbons (Fsp3) is 0.133. The highest BCUT2D eigenvalue weighted by atomic mass is 79.9. The molecule has 2 heterocycles. The van der Waals surface area contributed by atoms with E-state index in [-0.39, 0.29) is 0 Å². The predicted molar refractivity (Wildman–Crippen MR) is 82.2 cm³/mol. The van der Waals surface area contributed by atoms with E-state index in [9.17, 15) is 0 Å². The first kappa shape index (κ1) is 13.9. The summed E-state index contributed by atoms with van der Waals surface area (Å²) < 4.78 is 6.64. The van der Waals surface area contributed by atoms with E-state index in [4.69, 9.17) is 4.42 Å². The van der Waals surface area contributed by atoms with Gasteiger partial charge in [-0.2, -0.15) is 0 Å². The van der Waals surface area contributed by atoms with Crippen LogP contribution in [0.2, 0.25) is 0 Å². The molecule has 0 fully saturated rings. The van der Waals surface area contributed by atoms with Gasteiger partial charge in [-0.1, -0.05) is 22.0 Å². The van der Waals surface area contributed by atoms with Crippen LogP contribution in [0.15, 0.2) is 57.6 Å². The fourth-order valence-corrected chi connectivity index (χ4v) is 2.10. The summed E-state index contributed by atoms with van der Waals surface area (Å²) in [4.78, 5) is 4.24. The summed E-state index contributed by atoms with van der Waals surface area (Å²) in [5.41, 5.74) is 1.88. The summed E-state index contributed by atoms with van der Waals surface area (Å²) in [5.74, 6) is 1.08. The van der Waals surface area contributed by atoms with E-state index in [0.717, 1.165) is 15.7 Å². The van der Waals surface area contributed by atoms with Gasteiger partial charge in [0.1, 0.15) is 0 Å². The molecule has 3 aromatic rings. The Hall–Kier alpha value is -2.05. The molecule has 0 aliphatic rings. The number of nitrogens with one attached hydrogen (secondary N) is 1. The first-order valence-electron chi connectivity index (χ1n) is 6.50. The minimum Gasteiger partial charge on any atom is -0.419 e. The molecule has 0 bridgehead atoms. The second kappa shape index (κ2) is 6.60. The second-order valence-corrected chi connectivity index (χ2v) is 5.35. The molecule has 0 aliphatic carbocycles. The molecule has 1 aromatic carbocycles. The van der Waals surface area contributed by atoms with Crippen LogP contribution in [0.5, 0.6) is 0 Å². The van der Waals surface area contributed by atoms with Gasteiger partial charge in [0.25, 0.3) is 0 Å². The summed E-state index contributed by atoms with van der Waals surface area (Å²) in [6.07, 6.45) is 1.77. The van der Waals surface area contributed by atoms with Crippen molar-refractivity contribution in [1.82, 2.24) is 20.5 Å². The Bertz CT molecular complexity index is 697. The van der Waals surface area contributed by atoms with Crippen LogP contribution in [-0.2, 0) is 13.1 Å². The number of benzene rings is 1. The van der Waals surface area contributed by atoms with Crippen LogP contribution in [0.4, 0.5) is 0 Å². The van der Waals surface area contributed by atoms with E-state index >= 15 is 0 Å². The quantitative estimate of drug-likeness (QED) is 0.769. The van der Waals surface area contributed by atoms with Crippen molar-refractivity contribution in [3.8, 4) is 11.5 Å². The van der Waals surface area contributed by atoms with Crippen LogP contribution in [0.25, 0.3) is 11.5 Å². The average molecular weight is 345 g/mol. The van der Waals surface area contributed by atoms with Crippen LogP contribution >= 0.6 is 15.9 Å². The number of halogens is 1. The summed E-state index contributed by atoms with van der Waals surface area (Å²) >= 11 is 3.40. The van der Waals surface area contributed by atoms with Crippen LogP contribution < -0.4 is 5.32 Å². The zero-order chi connectivity index (χ0) is 14.5. The lowest BCUT2D eigenvalue weighted by atomic mass is 10.2. The van der Waals surface area contributed by atoms with Gasteiger partial charge in [0.15, 0.2) is 0 Å². The van der Waals surface area contributed by atoms with Crippen LogP contribution in [0.3, 0.4) is 0 Å². The van der Waals surface area contributed by atoms with Crippen LogP contribution in [0, 0.1) is 0 Å². The molecule has 0 saturated heterocycles. The number of hydrogen-bond acceptors (Lipinski definition) is 5. The number of aromatic nitrogens is 3. The maximum absolute atomic E-state index is 5.63. The molecule has 5 nitrogen and oxygen atoms in total. The summed E-state index contributed by atoms with van der Waals surface area (Å²) in [7, 11) is 0. The largest absolute Gasteiger partial charge is 0.419 e. The molecule has 0 aliphatic heterocycles. The molecular formula is C15H13BrN4O.